The van der Waals surface area contributed by atoms with Crippen molar-refractivity contribution in [1.29, 1.82) is 0 Å². The summed E-state index contributed by atoms with van der Waals surface area (Å²) in [7, 11) is 0. The van der Waals surface area contributed by atoms with Crippen LogP contribution in [0.2, 0.25) is 0 Å². The molecule has 0 aliphatic heterocycles. The van der Waals surface area contributed by atoms with Gasteiger partial charge in [-0.25, -0.2) is 0 Å². The Morgan fingerprint density at radius 3 is 2.30 bits per heavy atom. The fourth-order valence-corrected chi connectivity index (χ4v) is 0.401. The summed E-state index contributed by atoms with van der Waals surface area (Å²) in [5.74, 6) is -0.409. The Kier molecular flexibility index (Phi) is 4.88. The molecule has 2 N–H and O–H groups in total. The molecular formula is C6H12O4. The SMILES string of the molecule is CCC(=O)OC(CO)CO. The molecule has 10 heavy (non-hydrogen) atoms. The molecule has 0 saturated heterocycles. The third kappa shape index (κ3) is 3.42. The minimum absolute atomic E-state index is 0.260. The number of hydrogen-bond donors (Lipinski definition) is 2. The molecule has 60 valence electrons. The van der Waals surface area contributed by atoms with Gasteiger partial charge in [-0.3, -0.25) is 4.79 Å². The first-order valence-corrected chi connectivity index (χ1v) is 3.15. The van der Waals surface area contributed by atoms with Crippen molar-refractivity contribution in [1.82, 2.24) is 0 Å². The Hall–Kier alpha value is -0.610. The van der Waals surface area contributed by atoms with E-state index >= 15 is 0 Å². The third-order valence-corrected chi connectivity index (χ3v) is 0.994. The van der Waals surface area contributed by atoms with Crippen LogP contribution in [0.1, 0.15) is 13.3 Å². The zero-order valence-electron chi connectivity index (χ0n) is 5.91. The Balaban J connectivity index is 3.52. The number of aliphatic hydroxyl groups excluding tert-OH is 2. The van der Waals surface area contributed by atoms with Crippen molar-refractivity contribution < 1.29 is 19.7 Å². The quantitative estimate of drug-likeness (QED) is 0.517. The van der Waals surface area contributed by atoms with Gasteiger partial charge in [-0.05, 0) is 0 Å². The zero-order valence-corrected chi connectivity index (χ0v) is 5.91. The second-order valence-electron chi connectivity index (χ2n) is 1.83. The van der Waals surface area contributed by atoms with Crippen molar-refractivity contribution in [2.75, 3.05) is 13.2 Å². The highest BCUT2D eigenvalue weighted by molar-refractivity contribution is 5.69. The second-order valence-corrected chi connectivity index (χ2v) is 1.83. The summed E-state index contributed by atoms with van der Waals surface area (Å²) in [6, 6.07) is 0. The molecule has 0 unspecified atom stereocenters. The Bertz CT molecular complexity index is 97.9. The Labute approximate surface area is 59.4 Å². The van der Waals surface area contributed by atoms with Crippen molar-refractivity contribution in [2.45, 2.75) is 19.4 Å². The van der Waals surface area contributed by atoms with E-state index in [1.165, 1.54) is 0 Å². The van der Waals surface area contributed by atoms with E-state index in [2.05, 4.69) is 4.74 Å². The maximum atomic E-state index is 10.5. The van der Waals surface area contributed by atoms with E-state index in [9.17, 15) is 4.79 Å². The molecule has 0 aromatic rings. The van der Waals surface area contributed by atoms with Gasteiger partial charge in [0, 0.05) is 6.42 Å². The molecule has 4 nitrogen and oxygen atoms in total. The van der Waals surface area contributed by atoms with E-state index in [0.29, 0.717) is 0 Å². The van der Waals surface area contributed by atoms with Crippen LogP contribution < -0.4 is 0 Å². The summed E-state index contributed by atoms with van der Waals surface area (Å²) >= 11 is 0. The van der Waals surface area contributed by atoms with E-state index in [0.717, 1.165) is 0 Å². The standard InChI is InChI=1S/C6H12O4/c1-2-6(9)10-5(3-7)4-8/h5,7-8H,2-4H2,1H3. The predicted octanol–water partition coefficient (Wildman–Crippen LogP) is -0.707. The van der Waals surface area contributed by atoms with Gasteiger partial charge < -0.3 is 14.9 Å². The molecular weight excluding hydrogens is 136 g/mol. The molecule has 0 fully saturated rings. The molecule has 0 aliphatic carbocycles. The van der Waals surface area contributed by atoms with Crippen LogP contribution in [0.3, 0.4) is 0 Å². The lowest BCUT2D eigenvalue weighted by atomic mass is 10.4. The summed E-state index contributed by atoms with van der Waals surface area (Å²) < 4.78 is 4.56. The average Bonchev–Trinajstić information content (AvgIpc) is 1.99. The van der Waals surface area contributed by atoms with Crippen molar-refractivity contribution in [2.24, 2.45) is 0 Å². The number of hydrogen-bond acceptors (Lipinski definition) is 4. The van der Waals surface area contributed by atoms with Gasteiger partial charge in [-0.15, -0.1) is 0 Å². The van der Waals surface area contributed by atoms with Crippen LogP contribution in [-0.4, -0.2) is 35.5 Å². The number of aliphatic hydroxyl groups is 2. The molecule has 0 aromatic carbocycles. The van der Waals surface area contributed by atoms with E-state index in [1.807, 2.05) is 0 Å². The smallest absolute Gasteiger partial charge is 0.305 e. The topological polar surface area (TPSA) is 66.8 Å². The van der Waals surface area contributed by atoms with Crippen molar-refractivity contribution in [3.63, 3.8) is 0 Å². The lowest BCUT2D eigenvalue weighted by molar-refractivity contribution is -0.152. The summed E-state index contributed by atoms with van der Waals surface area (Å²) in [5, 5.41) is 16.9. The van der Waals surface area contributed by atoms with Crippen LogP contribution in [-0.2, 0) is 9.53 Å². The minimum atomic E-state index is -0.757. The van der Waals surface area contributed by atoms with Crippen LogP contribution >= 0.6 is 0 Å². The third-order valence-electron chi connectivity index (χ3n) is 0.994. The highest BCUT2D eigenvalue weighted by Gasteiger charge is 2.09. The molecule has 0 atom stereocenters. The highest BCUT2D eigenvalue weighted by atomic mass is 16.6. The molecule has 0 aromatic heterocycles. The molecule has 0 aliphatic rings. The lowest BCUT2D eigenvalue weighted by Crippen LogP contribution is -2.25. The molecule has 0 bridgehead atoms. The van der Waals surface area contributed by atoms with Gasteiger partial charge in [0.2, 0.25) is 0 Å². The van der Waals surface area contributed by atoms with Crippen LogP contribution in [0.4, 0.5) is 0 Å². The molecule has 0 saturated carbocycles. The minimum Gasteiger partial charge on any atom is -0.457 e. The summed E-state index contributed by atoms with van der Waals surface area (Å²) in [6.45, 7) is 0.985. The van der Waals surface area contributed by atoms with Gasteiger partial charge in [-0.1, -0.05) is 6.92 Å². The largest absolute Gasteiger partial charge is 0.457 e. The van der Waals surface area contributed by atoms with E-state index in [4.69, 9.17) is 10.2 Å². The highest BCUT2D eigenvalue weighted by Crippen LogP contribution is 1.92. The van der Waals surface area contributed by atoms with Crippen molar-refractivity contribution >= 4 is 5.97 Å². The second kappa shape index (κ2) is 5.20. The fourth-order valence-electron chi connectivity index (χ4n) is 0.401. The number of ether oxygens (including phenoxy) is 1. The first-order chi connectivity index (χ1) is 4.74. The summed E-state index contributed by atoms with van der Waals surface area (Å²) in [5.41, 5.74) is 0. The molecule has 0 rings (SSSR count). The number of esters is 1. The monoisotopic (exact) mass is 148 g/mol. The van der Waals surface area contributed by atoms with Crippen LogP contribution in [0.15, 0.2) is 0 Å². The Morgan fingerprint density at radius 1 is 1.50 bits per heavy atom. The number of carbonyl (C=O) groups excluding carboxylic acids is 1. The van der Waals surface area contributed by atoms with Crippen LogP contribution in [0, 0.1) is 0 Å². The summed E-state index contributed by atoms with van der Waals surface area (Å²) in [6.07, 6.45) is -0.497. The van der Waals surface area contributed by atoms with Gasteiger partial charge in [0.1, 0.15) is 6.10 Å². The van der Waals surface area contributed by atoms with Gasteiger partial charge in [-0.2, -0.15) is 0 Å². The van der Waals surface area contributed by atoms with E-state index < -0.39 is 12.1 Å². The predicted molar refractivity (Wildman–Crippen MR) is 34.3 cm³/mol. The van der Waals surface area contributed by atoms with Crippen LogP contribution in [0.25, 0.3) is 0 Å². The Morgan fingerprint density at radius 2 is 2.00 bits per heavy atom. The molecule has 0 heterocycles. The molecule has 0 spiro atoms. The average molecular weight is 148 g/mol. The van der Waals surface area contributed by atoms with Crippen LogP contribution in [0.5, 0.6) is 0 Å². The molecule has 0 radical (unpaired) electrons. The fraction of sp³-hybridized carbons (Fsp3) is 0.833. The van der Waals surface area contributed by atoms with Gasteiger partial charge >= 0.3 is 5.97 Å². The number of carbonyl (C=O) groups is 1. The number of rotatable bonds is 4. The maximum Gasteiger partial charge on any atom is 0.305 e. The van der Waals surface area contributed by atoms with Crippen molar-refractivity contribution in [3.05, 3.63) is 0 Å². The summed E-state index contributed by atoms with van der Waals surface area (Å²) in [4.78, 5) is 10.5. The van der Waals surface area contributed by atoms with Gasteiger partial charge in [0.05, 0.1) is 13.2 Å². The molecule has 4 heteroatoms. The zero-order chi connectivity index (χ0) is 7.98. The van der Waals surface area contributed by atoms with Gasteiger partial charge in [0.25, 0.3) is 0 Å². The maximum absolute atomic E-state index is 10.5. The van der Waals surface area contributed by atoms with Crippen molar-refractivity contribution in [3.8, 4) is 0 Å². The molecule has 0 amide bonds. The van der Waals surface area contributed by atoms with E-state index in [-0.39, 0.29) is 19.6 Å². The van der Waals surface area contributed by atoms with E-state index in [1.54, 1.807) is 6.92 Å². The first-order valence-electron chi connectivity index (χ1n) is 3.15. The lowest BCUT2D eigenvalue weighted by Gasteiger charge is -2.10. The first kappa shape index (κ1) is 9.39. The van der Waals surface area contributed by atoms with Gasteiger partial charge in [0.15, 0.2) is 0 Å². The normalized spacial score (nSPS) is 10.0.